The molecule has 4 nitrogen and oxygen atoms in total. The molecule has 0 aliphatic carbocycles. The van der Waals surface area contributed by atoms with Crippen molar-refractivity contribution in [3.63, 3.8) is 0 Å². The van der Waals surface area contributed by atoms with Gasteiger partial charge in [-0.2, -0.15) is 13.2 Å². The molecule has 1 aromatic rings. The van der Waals surface area contributed by atoms with Crippen molar-refractivity contribution in [3.05, 3.63) is 28.8 Å². The number of aliphatic carboxylic acids is 1. The number of ether oxygens (including phenoxy) is 2. The number of fused-ring (bicyclic) bond motifs is 1. The molecule has 1 aromatic carbocycles. The van der Waals surface area contributed by atoms with E-state index in [1.165, 1.54) is 6.92 Å². The molecule has 1 atom stereocenters. The Balaban J connectivity index is 0.00000288. The van der Waals surface area contributed by atoms with Gasteiger partial charge in [-0.3, -0.25) is 0 Å². The molecular formula is C13H9F6NaO4. The van der Waals surface area contributed by atoms with E-state index in [9.17, 15) is 31.1 Å². The maximum absolute atomic E-state index is 12.9. The molecule has 0 amide bonds. The van der Waals surface area contributed by atoms with Crippen LogP contribution in [0.15, 0.2) is 17.7 Å². The third-order valence-corrected chi connectivity index (χ3v) is 2.88. The number of carboxylic acids is 1. The molecule has 2 rings (SSSR count). The standard InChI is InChI=1S/C13H8F6O4.Na.H/c1-5-2-7(23-13(17,18)19)3-6-4-8(11(20)21)10(12(14,15)16)22-9(5)6;;/h2-4,10H,1H3,(H,20,21);;/t10-;;/m0../s1. The Kier molecular flexibility index (Phi) is 5.89. The first-order valence-electron chi connectivity index (χ1n) is 5.97. The monoisotopic (exact) mass is 366 g/mol. The van der Waals surface area contributed by atoms with Gasteiger partial charge in [0.2, 0.25) is 6.10 Å². The molecular weight excluding hydrogens is 357 g/mol. The predicted octanol–water partition coefficient (Wildman–Crippen LogP) is 3.04. The van der Waals surface area contributed by atoms with Gasteiger partial charge in [0, 0.05) is 5.56 Å². The normalized spacial score (nSPS) is 17.1. The van der Waals surface area contributed by atoms with Gasteiger partial charge in [-0.05, 0) is 30.7 Å². The molecule has 0 aromatic heterocycles. The molecule has 0 unspecified atom stereocenters. The molecule has 1 N–H and O–H groups in total. The van der Waals surface area contributed by atoms with Gasteiger partial charge in [-0.1, -0.05) is 0 Å². The second-order valence-corrected chi connectivity index (χ2v) is 4.65. The summed E-state index contributed by atoms with van der Waals surface area (Å²) in [6.07, 6.45) is -12.1. The van der Waals surface area contributed by atoms with E-state index in [0.29, 0.717) is 6.08 Å². The number of rotatable bonds is 2. The molecule has 1 heterocycles. The van der Waals surface area contributed by atoms with Crippen LogP contribution in [0.1, 0.15) is 11.1 Å². The van der Waals surface area contributed by atoms with Crippen molar-refractivity contribution in [1.82, 2.24) is 0 Å². The third kappa shape index (κ3) is 4.58. The van der Waals surface area contributed by atoms with E-state index < -0.39 is 35.9 Å². The van der Waals surface area contributed by atoms with Gasteiger partial charge >= 0.3 is 48.1 Å². The first kappa shape index (κ1) is 20.7. The van der Waals surface area contributed by atoms with Crippen LogP contribution in [-0.2, 0) is 4.79 Å². The van der Waals surface area contributed by atoms with Crippen LogP contribution in [0, 0.1) is 6.92 Å². The van der Waals surface area contributed by atoms with E-state index in [2.05, 4.69) is 9.47 Å². The van der Waals surface area contributed by atoms with Crippen molar-refractivity contribution in [1.29, 1.82) is 0 Å². The van der Waals surface area contributed by atoms with Crippen LogP contribution in [0.5, 0.6) is 11.5 Å². The number of alkyl halides is 6. The Hall–Kier alpha value is -1.39. The zero-order valence-electron chi connectivity index (χ0n) is 11.2. The molecule has 1 aliphatic rings. The van der Waals surface area contributed by atoms with Crippen LogP contribution in [0.4, 0.5) is 26.3 Å². The van der Waals surface area contributed by atoms with Gasteiger partial charge < -0.3 is 14.6 Å². The molecule has 1 aliphatic heterocycles. The van der Waals surface area contributed by atoms with Crippen LogP contribution in [0.25, 0.3) is 6.08 Å². The van der Waals surface area contributed by atoms with Gasteiger partial charge in [-0.15, -0.1) is 13.2 Å². The van der Waals surface area contributed by atoms with Crippen molar-refractivity contribution in [2.75, 3.05) is 0 Å². The molecule has 0 fully saturated rings. The first-order chi connectivity index (χ1) is 10.4. The number of carboxylic acid groups (broad SMARTS) is 1. The third-order valence-electron chi connectivity index (χ3n) is 2.88. The Bertz CT molecular complexity index is 680. The molecule has 0 bridgehead atoms. The van der Waals surface area contributed by atoms with E-state index >= 15 is 0 Å². The molecule has 0 saturated carbocycles. The summed E-state index contributed by atoms with van der Waals surface area (Å²) in [5.41, 5.74) is -1.44. The molecule has 128 valence electrons. The number of aryl methyl sites for hydroxylation is 1. The fourth-order valence-corrected chi connectivity index (χ4v) is 2.07. The zero-order valence-corrected chi connectivity index (χ0v) is 11.2. The fourth-order valence-electron chi connectivity index (χ4n) is 2.07. The van der Waals surface area contributed by atoms with Gasteiger partial charge in [0.1, 0.15) is 11.5 Å². The summed E-state index contributed by atoms with van der Waals surface area (Å²) >= 11 is 0. The summed E-state index contributed by atoms with van der Waals surface area (Å²) in [5, 5.41) is 8.86. The molecule has 11 heteroatoms. The molecule has 0 radical (unpaired) electrons. The Labute approximate surface area is 153 Å². The van der Waals surface area contributed by atoms with Gasteiger partial charge in [-0.25, -0.2) is 4.79 Å². The van der Waals surface area contributed by atoms with Crippen LogP contribution < -0.4 is 9.47 Å². The predicted molar refractivity (Wildman–Crippen MR) is 71.1 cm³/mol. The van der Waals surface area contributed by atoms with Crippen molar-refractivity contribution in [3.8, 4) is 11.5 Å². The van der Waals surface area contributed by atoms with Crippen molar-refractivity contribution in [2.24, 2.45) is 0 Å². The van der Waals surface area contributed by atoms with Crippen LogP contribution in [-0.4, -0.2) is 59.3 Å². The average molecular weight is 366 g/mol. The SMILES string of the molecule is Cc1cc(OC(F)(F)F)cc2c1O[C@H](C(F)(F)F)C(C(=O)O)=C2.[NaH]. The number of hydrogen-bond acceptors (Lipinski definition) is 3. The zero-order chi connectivity index (χ0) is 17.6. The van der Waals surface area contributed by atoms with E-state index in [1.54, 1.807) is 0 Å². The number of halogens is 6. The number of carbonyl (C=O) groups is 1. The summed E-state index contributed by atoms with van der Waals surface area (Å²) in [5.74, 6) is -2.94. The van der Waals surface area contributed by atoms with E-state index in [0.717, 1.165) is 12.1 Å². The first-order valence-corrected chi connectivity index (χ1v) is 5.97. The van der Waals surface area contributed by atoms with Crippen LogP contribution in [0.3, 0.4) is 0 Å². The summed E-state index contributed by atoms with van der Waals surface area (Å²) < 4.78 is 83.6. The van der Waals surface area contributed by atoms with Crippen LogP contribution in [0.2, 0.25) is 0 Å². The maximum atomic E-state index is 12.9. The topological polar surface area (TPSA) is 55.8 Å². The molecule has 0 spiro atoms. The summed E-state index contributed by atoms with van der Waals surface area (Å²) in [6, 6.07) is 1.60. The second-order valence-electron chi connectivity index (χ2n) is 4.65. The second kappa shape index (κ2) is 6.85. The van der Waals surface area contributed by atoms with Crippen LogP contribution >= 0.6 is 0 Å². The van der Waals surface area contributed by atoms with Gasteiger partial charge in [0.15, 0.2) is 0 Å². The van der Waals surface area contributed by atoms with E-state index in [1.807, 2.05) is 0 Å². The summed E-state index contributed by atoms with van der Waals surface area (Å²) in [4.78, 5) is 11.0. The minimum atomic E-state index is -5.00. The molecule has 24 heavy (non-hydrogen) atoms. The van der Waals surface area contributed by atoms with E-state index in [4.69, 9.17) is 5.11 Å². The quantitative estimate of drug-likeness (QED) is 0.646. The Morgan fingerprint density at radius 3 is 2.25 bits per heavy atom. The van der Waals surface area contributed by atoms with Crippen molar-refractivity contribution < 1.29 is 45.7 Å². The van der Waals surface area contributed by atoms with Gasteiger partial charge in [0.05, 0.1) is 5.57 Å². The Morgan fingerprint density at radius 1 is 1.21 bits per heavy atom. The Morgan fingerprint density at radius 2 is 1.79 bits per heavy atom. The van der Waals surface area contributed by atoms with Gasteiger partial charge in [0.25, 0.3) is 0 Å². The minimum absolute atomic E-state index is 0. The number of hydrogen-bond donors (Lipinski definition) is 1. The van der Waals surface area contributed by atoms with E-state index in [-0.39, 0.29) is 46.4 Å². The molecule has 0 saturated heterocycles. The van der Waals surface area contributed by atoms with Crippen molar-refractivity contribution >= 4 is 41.6 Å². The summed E-state index contributed by atoms with van der Waals surface area (Å²) in [7, 11) is 0. The summed E-state index contributed by atoms with van der Waals surface area (Å²) in [6.45, 7) is 1.22. The van der Waals surface area contributed by atoms with Crippen molar-refractivity contribution in [2.45, 2.75) is 25.6 Å². The number of benzene rings is 1. The fraction of sp³-hybridized carbons (Fsp3) is 0.308. The average Bonchev–Trinajstić information content (AvgIpc) is 2.33.